The van der Waals surface area contributed by atoms with Crippen molar-refractivity contribution in [2.45, 2.75) is 10.8 Å². The summed E-state index contributed by atoms with van der Waals surface area (Å²) in [5, 5.41) is 5.18. The zero-order valence-electron chi connectivity index (χ0n) is 65.7. The van der Waals surface area contributed by atoms with Crippen LogP contribution in [0.15, 0.2) is 473 Å². The van der Waals surface area contributed by atoms with E-state index in [4.69, 9.17) is 0 Å². The van der Waals surface area contributed by atoms with E-state index in [-0.39, 0.29) is 0 Å². The topological polar surface area (TPSA) is 6.48 Å². The number of para-hydroxylation sites is 3. The van der Waals surface area contributed by atoms with E-state index in [2.05, 4.69) is 483 Å². The van der Waals surface area contributed by atoms with Crippen molar-refractivity contribution < 1.29 is 0 Å². The third-order valence-corrected chi connectivity index (χ3v) is 27.1. The summed E-state index contributed by atoms with van der Waals surface area (Å²) in [5.41, 5.74) is 33.5. The van der Waals surface area contributed by atoms with E-state index < -0.39 is 10.8 Å². The van der Waals surface area contributed by atoms with Crippen molar-refractivity contribution >= 4 is 97.1 Å². The summed E-state index contributed by atoms with van der Waals surface area (Å²) >= 11 is 3.77. The van der Waals surface area contributed by atoms with Crippen LogP contribution in [-0.2, 0) is 10.8 Å². The number of hydrogen-bond donors (Lipinski definition) is 0. The third kappa shape index (κ3) is 12.2. The Morgan fingerprint density at radius 1 is 0.158 bits per heavy atom. The smallest absolute Gasteiger partial charge is 0.0713 e. The Morgan fingerprint density at radius 2 is 0.425 bits per heavy atom. The minimum Gasteiger partial charge on any atom is -0.311 e. The Hall–Kier alpha value is -14.8. The van der Waals surface area contributed by atoms with Crippen molar-refractivity contribution in [1.82, 2.24) is 0 Å². The summed E-state index contributed by atoms with van der Waals surface area (Å²) in [6.45, 7) is 0. The van der Waals surface area contributed by atoms with Crippen LogP contribution in [0, 0.1) is 0 Å². The maximum Gasteiger partial charge on any atom is 0.0713 e. The lowest BCUT2D eigenvalue weighted by atomic mass is 9.67. The minimum absolute atomic E-state index is 0.453. The monoisotopic (exact) mass is 1560 g/mol. The molecule has 0 bridgehead atoms. The van der Waals surface area contributed by atoms with Gasteiger partial charge in [-0.25, -0.2) is 0 Å². The Balaban J connectivity index is 0.000000145. The first-order chi connectivity index (χ1) is 59.5. The van der Waals surface area contributed by atoms with Crippen LogP contribution >= 0.6 is 22.7 Å². The van der Waals surface area contributed by atoms with Crippen LogP contribution in [0.25, 0.3) is 118 Å². The second kappa shape index (κ2) is 30.4. The van der Waals surface area contributed by atoms with Crippen molar-refractivity contribution in [2.24, 2.45) is 0 Å². The summed E-state index contributed by atoms with van der Waals surface area (Å²) < 4.78 is 5.22. The summed E-state index contributed by atoms with van der Waals surface area (Å²) in [5.74, 6) is 0. The second-order valence-electron chi connectivity index (χ2n) is 31.3. The zero-order chi connectivity index (χ0) is 79.5. The zero-order valence-corrected chi connectivity index (χ0v) is 67.4. The van der Waals surface area contributed by atoms with Crippen LogP contribution in [0.2, 0.25) is 0 Å². The first-order valence-corrected chi connectivity index (χ1v) is 42.9. The molecule has 4 heteroatoms. The molecule has 2 nitrogen and oxygen atoms in total. The predicted octanol–water partition coefficient (Wildman–Crippen LogP) is 32.1. The molecule has 564 valence electrons. The van der Waals surface area contributed by atoms with Crippen molar-refractivity contribution in [3.63, 3.8) is 0 Å². The van der Waals surface area contributed by atoms with Gasteiger partial charge < -0.3 is 9.80 Å². The predicted molar refractivity (Wildman–Crippen MR) is 510 cm³/mol. The standard InChI is InChI=1S/C61H41NS.C55H37NS/c1-5-17-42(18-6-1)43-29-34-50(35-30-43)62(49-23-11-4-12-24-49)51-36-31-44(32-37-51)55-39-46(40-56-54-26-14-16-28-59(54)63-60(55)56)45-33-38-53-52-25-13-15-27-57(52)61(58(53)41-45,47-19-7-2-8-20-47)48-21-9-3-10-22-48;1-5-17-41(18-6-1)55(42-19-7-2-8-20-42)51-27-15-13-25-46(51)47-34-31-39(37-52(47)55)40-35-49(54-50(36-40)48-26-14-16-28-53(48)57-54)38-29-32-45(33-30-38)56(43-21-9-3-10-22-43)44-23-11-4-12-24-44/h1-41H;1-37H. The van der Waals surface area contributed by atoms with Crippen LogP contribution in [0.4, 0.5) is 34.1 Å². The van der Waals surface area contributed by atoms with Crippen LogP contribution in [0.5, 0.6) is 0 Å². The summed E-state index contributed by atoms with van der Waals surface area (Å²) in [6.07, 6.45) is 0. The Kier molecular flexibility index (Phi) is 18.2. The largest absolute Gasteiger partial charge is 0.311 e. The number of fused-ring (bicyclic) bond motifs is 12. The molecule has 19 aromatic carbocycles. The van der Waals surface area contributed by atoms with E-state index in [1.807, 2.05) is 22.7 Å². The van der Waals surface area contributed by atoms with Gasteiger partial charge in [-0.3, -0.25) is 0 Å². The molecule has 0 amide bonds. The fourth-order valence-corrected chi connectivity index (χ4v) is 21.7. The fraction of sp³-hybridized carbons (Fsp3) is 0.0172. The first kappa shape index (κ1) is 71.7. The highest BCUT2D eigenvalue weighted by Crippen LogP contribution is 2.60. The average Bonchev–Trinajstić information content (AvgIpc) is 1.53. The molecule has 2 heterocycles. The van der Waals surface area contributed by atoms with E-state index in [0.29, 0.717) is 0 Å². The number of rotatable bonds is 15. The number of hydrogen-bond acceptors (Lipinski definition) is 4. The number of anilines is 6. The lowest BCUT2D eigenvalue weighted by Crippen LogP contribution is -2.28. The van der Waals surface area contributed by atoms with Gasteiger partial charge in [0.15, 0.2) is 0 Å². The SMILES string of the molecule is c1ccc(-c2ccc(N(c3ccccc3)c3ccc(-c4cc(-c5ccc6c(c5)C(c5ccccc5)(c5ccccc5)c5ccccc5-6)cc5c4sc4ccccc45)cc3)cc2)cc1.c1ccc(N(c2ccccc2)c2ccc(-c3cc(-c4ccc5c(c4)C(c4ccccc4)(c4ccccc4)c4ccccc4-5)cc4c3sc3ccccc34)cc2)cc1. The van der Waals surface area contributed by atoms with E-state index in [0.717, 1.165) is 34.1 Å². The molecule has 23 rings (SSSR count). The van der Waals surface area contributed by atoms with Crippen molar-refractivity contribution in [2.75, 3.05) is 9.80 Å². The summed E-state index contributed by atoms with van der Waals surface area (Å²) in [4.78, 5) is 4.67. The van der Waals surface area contributed by atoms with Gasteiger partial charge in [-0.2, -0.15) is 0 Å². The van der Waals surface area contributed by atoms with Gasteiger partial charge in [-0.1, -0.05) is 352 Å². The Bertz CT molecular complexity index is 7220. The van der Waals surface area contributed by atoms with Gasteiger partial charge >= 0.3 is 0 Å². The molecule has 0 fully saturated rings. The average molecular weight is 1560 g/mol. The van der Waals surface area contributed by atoms with Gasteiger partial charge in [0.05, 0.1) is 10.8 Å². The van der Waals surface area contributed by atoms with E-state index in [1.165, 1.54) is 163 Å². The molecule has 2 aliphatic carbocycles. The summed E-state index contributed by atoms with van der Waals surface area (Å²) in [7, 11) is 0. The molecule has 0 atom stereocenters. The maximum atomic E-state index is 2.48. The molecule has 2 aliphatic rings. The molecule has 2 aromatic heterocycles. The Labute approximate surface area is 708 Å². The Morgan fingerprint density at radius 3 is 0.783 bits per heavy atom. The number of benzene rings is 19. The van der Waals surface area contributed by atoms with E-state index in [9.17, 15) is 0 Å². The van der Waals surface area contributed by atoms with Gasteiger partial charge in [-0.15, -0.1) is 22.7 Å². The molecule has 0 spiro atoms. The van der Waals surface area contributed by atoms with Gasteiger partial charge in [0.25, 0.3) is 0 Å². The third-order valence-electron chi connectivity index (χ3n) is 24.7. The second-order valence-corrected chi connectivity index (χ2v) is 33.4. The molecule has 0 saturated heterocycles. The molecular weight excluding hydrogens is 1490 g/mol. The van der Waals surface area contributed by atoms with Crippen molar-refractivity contribution in [1.29, 1.82) is 0 Å². The molecule has 0 aliphatic heterocycles. The minimum atomic E-state index is -0.464. The van der Waals surface area contributed by atoms with Crippen LogP contribution in [-0.4, -0.2) is 0 Å². The quantitative estimate of drug-likeness (QED) is 0.101. The van der Waals surface area contributed by atoms with Gasteiger partial charge in [0, 0.05) is 85.6 Å². The van der Waals surface area contributed by atoms with E-state index >= 15 is 0 Å². The normalized spacial score (nSPS) is 12.6. The molecule has 0 unspecified atom stereocenters. The fourth-order valence-electron chi connectivity index (χ4n) is 19.3. The number of thiophene rings is 2. The van der Waals surface area contributed by atoms with Crippen LogP contribution in [0.1, 0.15) is 44.5 Å². The van der Waals surface area contributed by atoms with Gasteiger partial charge in [0.1, 0.15) is 0 Å². The summed E-state index contributed by atoms with van der Waals surface area (Å²) in [6, 6.07) is 174. The highest BCUT2D eigenvalue weighted by molar-refractivity contribution is 7.26. The number of nitrogens with zero attached hydrogens (tertiary/aromatic N) is 2. The lowest BCUT2D eigenvalue weighted by Gasteiger charge is -2.34. The van der Waals surface area contributed by atoms with Crippen LogP contribution in [0.3, 0.4) is 0 Å². The van der Waals surface area contributed by atoms with Gasteiger partial charge in [-0.05, 0) is 233 Å². The molecule has 0 radical (unpaired) electrons. The molecular formula is C116H78N2S2. The molecule has 0 N–H and O–H groups in total. The highest BCUT2D eigenvalue weighted by atomic mass is 32.1. The van der Waals surface area contributed by atoms with Gasteiger partial charge in [0.2, 0.25) is 0 Å². The molecule has 21 aromatic rings. The van der Waals surface area contributed by atoms with Crippen molar-refractivity contribution in [3.8, 4) is 77.9 Å². The van der Waals surface area contributed by atoms with Crippen molar-refractivity contribution in [3.05, 3.63) is 518 Å². The van der Waals surface area contributed by atoms with E-state index in [1.54, 1.807) is 0 Å². The molecule has 0 saturated carbocycles. The maximum absolute atomic E-state index is 2.48. The first-order valence-electron chi connectivity index (χ1n) is 41.3. The van der Waals surface area contributed by atoms with Crippen LogP contribution < -0.4 is 9.80 Å². The highest BCUT2D eigenvalue weighted by Gasteiger charge is 2.48. The lowest BCUT2D eigenvalue weighted by molar-refractivity contribution is 0.769. The molecule has 120 heavy (non-hydrogen) atoms.